The van der Waals surface area contributed by atoms with Gasteiger partial charge in [0, 0.05) is 27.7 Å². The summed E-state index contributed by atoms with van der Waals surface area (Å²) in [6, 6.07) is 30.0. The molecule has 3 aromatic carbocycles. The highest BCUT2D eigenvalue weighted by Crippen LogP contribution is 2.41. The van der Waals surface area contributed by atoms with Crippen molar-refractivity contribution in [3.05, 3.63) is 113 Å². The van der Waals surface area contributed by atoms with Crippen molar-refractivity contribution in [1.29, 1.82) is 0 Å². The van der Waals surface area contributed by atoms with Crippen LogP contribution in [0.4, 0.5) is 0 Å². The molecule has 31 heavy (non-hydrogen) atoms. The van der Waals surface area contributed by atoms with Crippen LogP contribution in [0.15, 0.2) is 96.7 Å². The molecule has 0 radical (unpaired) electrons. The number of methoxy groups -OCH3 is 1. The van der Waals surface area contributed by atoms with Gasteiger partial charge in [0.2, 0.25) is 0 Å². The Kier molecular flexibility index (Phi) is 6.19. The maximum absolute atomic E-state index is 14.1. The standard InChI is InChI=1S/C27H28N2O2/c1-28(2)25-23(21-15-9-5-10-16-21)27(30)29(19-20-13-7-4-8-14-20)24(26(25)31-3)22-17-11-6-12-18-22/h4-18,24,26H,19H2,1-3H3. The molecule has 2 unspecified atom stereocenters. The fourth-order valence-corrected chi connectivity index (χ4v) is 4.38. The zero-order valence-electron chi connectivity index (χ0n) is 18.2. The lowest BCUT2D eigenvalue weighted by Gasteiger charge is -2.44. The molecule has 0 fully saturated rings. The van der Waals surface area contributed by atoms with E-state index >= 15 is 0 Å². The second-order valence-corrected chi connectivity index (χ2v) is 7.95. The predicted molar refractivity (Wildman–Crippen MR) is 124 cm³/mol. The Bertz CT molecular complexity index is 1050. The van der Waals surface area contributed by atoms with Gasteiger partial charge in [-0.15, -0.1) is 0 Å². The lowest BCUT2D eigenvalue weighted by Crippen LogP contribution is -2.49. The first-order valence-corrected chi connectivity index (χ1v) is 10.5. The third-order valence-corrected chi connectivity index (χ3v) is 5.76. The molecule has 4 heteroatoms. The van der Waals surface area contributed by atoms with E-state index in [0.29, 0.717) is 12.1 Å². The number of benzene rings is 3. The van der Waals surface area contributed by atoms with Crippen LogP contribution >= 0.6 is 0 Å². The van der Waals surface area contributed by atoms with Crippen molar-refractivity contribution >= 4 is 11.5 Å². The van der Waals surface area contributed by atoms with Crippen molar-refractivity contribution in [1.82, 2.24) is 9.80 Å². The quantitative estimate of drug-likeness (QED) is 0.585. The van der Waals surface area contributed by atoms with E-state index in [-0.39, 0.29) is 18.1 Å². The first-order chi connectivity index (χ1) is 15.1. The summed E-state index contributed by atoms with van der Waals surface area (Å²) >= 11 is 0. The average Bonchev–Trinajstić information content (AvgIpc) is 2.81. The van der Waals surface area contributed by atoms with Gasteiger partial charge in [-0.25, -0.2) is 0 Å². The smallest absolute Gasteiger partial charge is 0.257 e. The zero-order chi connectivity index (χ0) is 21.8. The van der Waals surface area contributed by atoms with Crippen LogP contribution in [0.1, 0.15) is 22.7 Å². The van der Waals surface area contributed by atoms with E-state index in [4.69, 9.17) is 4.74 Å². The summed E-state index contributed by atoms with van der Waals surface area (Å²) in [5, 5.41) is 0. The molecule has 0 saturated carbocycles. The van der Waals surface area contributed by atoms with Crippen LogP contribution < -0.4 is 0 Å². The van der Waals surface area contributed by atoms with E-state index in [9.17, 15) is 4.79 Å². The van der Waals surface area contributed by atoms with E-state index in [1.807, 2.05) is 90.6 Å². The molecule has 158 valence electrons. The van der Waals surface area contributed by atoms with Gasteiger partial charge in [0.15, 0.2) is 0 Å². The van der Waals surface area contributed by atoms with Crippen molar-refractivity contribution in [2.75, 3.05) is 21.2 Å². The third kappa shape index (κ3) is 4.12. The minimum atomic E-state index is -0.297. The highest BCUT2D eigenvalue weighted by Gasteiger charge is 2.43. The summed E-state index contributed by atoms with van der Waals surface area (Å²) in [5.41, 5.74) is 4.65. The highest BCUT2D eigenvalue weighted by atomic mass is 16.5. The van der Waals surface area contributed by atoms with Gasteiger partial charge in [-0.1, -0.05) is 91.0 Å². The summed E-state index contributed by atoms with van der Waals surface area (Å²) in [5.74, 6) is 0.0147. The topological polar surface area (TPSA) is 32.8 Å². The van der Waals surface area contributed by atoms with Gasteiger partial charge in [0.25, 0.3) is 5.91 Å². The van der Waals surface area contributed by atoms with Crippen LogP contribution in [0.5, 0.6) is 0 Å². The molecule has 0 aliphatic carbocycles. The normalized spacial score (nSPS) is 18.9. The van der Waals surface area contributed by atoms with Crippen molar-refractivity contribution in [2.24, 2.45) is 0 Å². The summed E-state index contributed by atoms with van der Waals surface area (Å²) in [7, 11) is 5.68. The van der Waals surface area contributed by atoms with E-state index in [2.05, 4.69) is 24.3 Å². The molecular formula is C27H28N2O2. The number of hydrogen-bond donors (Lipinski definition) is 0. The molecule has 0 aromatic heterocycles. The van der Waals surface area contributed by atoms with Gasteiger partial charge in [0.05, 0.1) is 17.3 Å². The Morgan fingerprint density at radius 1 is 0.839 bits per heavy atom. The van der Waals surface area contributed by atoms with Gasteiger partial charge in [0.1, 0.15) is 6.10 Å². The van der Waals surface area contributed by atoms with Crippen LogP contribution in [0, 0.1) is 0 Å². The second kappa shape index (κ2) is 9.19. The van der Waals surface area contributed by atoms with Crippen LogP contribution in [0.3, 0.4) is 0 Å². The second-order valence-electron chi connectivity index (χ2n) is 7.95. The van der Waals surface area contributed by atoms with E-state index < -0.39 is 0 Å². The van der Waals surface area contributed by atoms with Gasteiger partial charge in [-0.3, -0.25) is 4.79 Å². The van der Waals surface area contributed by atoms with Gasteiger partial charge < -0.3 is 14.5 Å². The minimum absolute atomic E-state index is 0.0147. The predicted octanol–water partition coefficient (Wildman–Crippen LogP) is 4.76. The maximum Gasteiger partial charge on any atom is 0.257 e. The lowest BCUT2D eigenvalue weighted by molar-refractivity contribution is -0.133. The summed E-state index contributed by atoms with van der Waals surface area (Å²) in [6.07, 6.45) is -0.297. The fourth-order valence-electron chi connectivity index (χ4n) is 4.38. The molecule has 0 saturated heterocycles. The SMILES string of the molecule is COC1C(N(C)C)=C(c2ccccc2)C(=O)N(Cc2ccccc2)C1c1ccccc1. The molecule has 4 rings (SSSR count). The first-order valence-electron chi connectivity index (χ1n) is 10.5. The molecule has 1 aliphatic heterocycles. The number of hydrogen-bond acceptors (Lipinski definition) is 3. The van der Waals surface area contributed by atoms with Gasteiger partial charge in [-0.2, -0.15) is 0 Å². The first kappa shape index (κ1) is 20.9. The van der Waals surface area contributed by atoms with E-state index in [1.54, 1.807) is 7.11 Å². The fraction of sp³-hybridized carbons (Fsp3) is 0.222. The lowest BCUT2D eigenvalue weighted by atomic mass is 9.86. The van der Waals surface area contributed by atoms with E-state index in [1.165, 1.54) is 0 Å². The van der Waals surface area contributed by atoms with Crippen LogP contribution in [-0.2, 0) is 16.1 Å². The van der Waals surface area contributed by atoms with Crippen molar-refractivity contribution in [2.45, 2.75) is 18.7 Å². The highest BCUT2D eigenvalue weighted by molar-refractivity contribution is 6.21. The van der Waals surface area contributed by atoms with Crippen molar-refractivity contribution in [3.8, 4) is 0 Å². The molecule has 2 atom stereocenters. The largest absolute Gasteiger partial charge is 0.378 e. The van der Waals surface area contributed by atoms with E-state index in [0.717, 1.165) is 22.4 Å². The molecule has 1 heterocycles. The van der Waals surface area contributed by atoms with Gasteiger partial charge >= 0.3 is 0 Å². The van der Waals surface area contributed by atoms with Gasteiger partial charge in [-0.05, 0) is 16.7 Å². The molecule has 0 spiro atoms. The van der Waals surface area contributed by atoms with Crippen LogP contribution in [0.2, 0.25) is 0 Å². The minimum Gasteiger partial charge on any atom is -0.378 e. The number of ether oxygens (including phenoxy) is 1. The number of rotatable bonds is 6. The number of likely N-dealkylation sites (N-methyl/N-ethyl adjacent to an activating group) is 1. The molecule has 0 bridgehead atoms. The third-order valence-electron chi connectivity index (χ3n) is 5.76. The molecule has 3 aromatic rings. The Balaban J connectivity index is 1.92. The summed E-state index contributed by atoms with van der Waals surface area (Å²) in [6.45, 7) is 0.510. The molecule has 0 N–H and O–H groups in total. The maximum atomic E-state index is 14.1. The number of amides is 1. The zero-order valence-corrected chi connectivity index (χ0v) is 18.2. The number of carbonyl (C=O) groups is 1. The molecule has 1 aliphatic rings. The Hall–Kier alpha value is -3.37. The molecule has 4 nitrogen and oxygen atoms in total. The summed E-state index contributed by atoms with van der Waals surface area (Å²) in [4.78, 5) is 18.0. The summed E-state index contributed by atoms with van der Waals surface area (Å²) < 4.78 is 6.11. The van der Waals surface area contributed by atoms with Crippen molar-refractivity contribution in [3.63, 3.8) is 0 Å². The molecular weight excluding hydrogens is 384 g/mol. The Morgan fingerprint density at radius 2 is 1.39 bits per heavy atom. The van der Waals surface area contributed by atoms with Crippen molar-refractivity contribution < 1.29 is 9.53 Å². The van der Waals surface area contributed by atoms with Crippen LogP contribution in [-0.4, -0.2) is 43.0 Å². The number of carbonyl (C=O) groups excluding carboxylic acids is 1. The Morgan fingerprint density at radius 3 is 1.94 bits per heavy atom. The number of nitrogens with zero attached hydrogens (tertiary/aromatic N) is 2. The average molecular weight is 413 g/mol. The monoisotopic (exact) mass is 412 g/mol. The Labute approximate surface area is 184 Å². The molecule has 1 amide bonds. The van der Waals surface area contributed by atoms with Crippen LogP contribution in [0.25, 0.3) is 5.57 Å².